The largest absolute Gasteiger partial charge is 0.398 e. The van der Waals surface area contributed by atoms with Gasteiger partial charge < -0.3 is 15.4 Å². The summed E-state index contributed by atoms with van der Waals surface area (Å²) in [5.41, 5.74) is 7.65. The first-order valence-electron chi connectivity index (χ1n) is 7.01. The van der Waals surface area contributed by atoms with Gasteiger partial charge in [-0.25, -0.2) is 4.98 Å². The molecule has 2 rings (SSSR count). The van der Waals surface area contributed by atoms with Gasteiger partial charge in [-0.1, -0.05) is 18.2 Å². The second kappa shape index (κ2) is 6.54. The van der Waals surface area contributed by atoms with Crippen molar-refractivity contribution >= 4 is 22.5 Å². The van der Waals surface area contributed by atoms with Gasteiger partial charge in [-0.2, -0.15) is 0 Å². The van der Waals surface area contributed by atoms with Crippen LogP contribution in [0, 0.1) is 0 Å². The average molecular weight is 287 g/mol. The Kier molecular flexibility index (Phi) is 4.75. The molecule has 0 aliphatic heterocycles. The number of carbonyl (C=O) groups is 1. The number of nitrogens with two attached hydrogens (primary N) is 1. The molecule has 2 aromatic rings. The maximum absolute atomic E-state index is 12.4. The quantitative estimate of drug-likeness (QED) is 0.916. The Balaban J connectivity index is 2.15. The molecule has 1 aromatic heterocycles. The molecule has 5 heteroatoms. The fourth-order valence-electron chi connectivity index (χ4n) is 2.03. The smallest absolute Gasteiger partial charge is 0.272 e. The van der Waals surface area contributed by atoms with Gasteiger partial charge in [0.05, 0.1) is 18.2 Å². The number of anilines is 1. The van der Waals surface area contributed by atoms with Crippen molar-refractivity contribution in [3.63, 3.8) is 0 Å². The Morgan fingerprint density at radius 1 is 1.38 bits per heavy atom. The first-order valence-corrected chi connectivity index (χ1v) is 7.01. The van der Waals surface area contributed by atoms with Crippen LogP contribution in [-0.2, 0) is 4.74 Å². The van der Waals surface area contributed by atoms with E-state index in [4.69, 9.17) is 10.5 Å². The van der Waals surface area contributed by atoms with Crippen LogP contribution in [0.3, 0.4) is 0 Å². The van der Waals surface area contributed by atoms with Gasteiger partial charge in [-0.15, -0.1) is 0 Å². The van der Waals surface area contributed by atoms with Crippen LogP contribution < -0.4 is 5.73 Å². The predicted molar refractivity (Wildman–Crippen MR) is 84.2 cm³/mol. The number of likely N-dealkylation sites (N-methyl/N-ethyl adjacent to an activating group) is 1. The maximum Gasteiger partial charge on any atom is 0.272 e. The Morgan fingerprint density at radius 2 is 2.10 bits per heavy atom. The minimum atomic E-state index is -0.153. The van der Waals surface area contributed by atoms with Crippen molar-refractivity contribution in [2.75, 3.05) is 25.9 Å². The third-order valence-electron chi connectivity index (χ3n) is 3.19. The number of hydrogen-bond acceptors (Lipinski definition) is 4. The van der Waals surface area contributed by atoms with Crippen LogP contribution in [0.2, 0.25) is 0 Å². The molecule has 0 bridgehead atoms. The van der Waals surface area contributed by atoms with Crippen molar-refractivity contribution in [2.24, 2.45) is 0 Å². The summed E-state index contributed by atoms with van der Waals surface area (Å²) in [6, 6.07) is 9.15. The summed E-state index contributed by atoms with van der Waals surface area (Å²) in [5, 5.41) is 0.861. The van der Waals surface area contributed by atoms with Crippen LogP contribution in [0.5, 0.6) is 0 Å². The van der Waals surface area contributed by atoms with Crippen molar-refractivity contribution < 1.29 is 9.53 Å². The Bertz CT molecular complexity index is 640. The molecule has 1 aromatic carbocycles. The lowest BCUT2D eigenvalue weighted by Gasteiger charge is -2.18. The van der Waals surface area contributed by atoms with E-state index in [-0.39, 0.29) is 12.0 Å². The number of hydrogen-bond donors (Lipinski definition) is 1. The molecule has 0 aliphatic carbocycles. The zero-order chi connectivity index (χ0) is 15.4. The van der Waals surface area contributed by atoms with Gasteiger partial charge in [0.25, 0.3) is 5.91 Å². The van der Waals surface area contributed by atoms with Crippen molar-refractivity contribution in [2.45, 2.75) is 20.0 Å². The Hall–Kier alpha value is -2.14. The summed E-state index contributed by atoms with van der Waals surface area (Å²) in [4.78, 5) is 18.4. The second-order valence-corrected chi connectivity index (χ2v) is 5.26. The van der Waals surface area contributed by atoms with Gasteiger partial charge in [0.15, 0.2) is 0 Å². The number of pyridine rings is 1. The van der Waals surface area contributed by atoms with E-state index in [0.29, 0.717) is 24.5 Å². The van der Waals surface area contributed by atoms with Crippen molar-refractivity contribution in [3.05, 3.63) is 36.0 Å². The fraction of sp³-hybridized carbons (Fsp3) is 0.375. The van der Waals surface area contributed by atoms with Crippen molar-refractivity contribution in [1.29, 1.82) is 0 Å². The average Bonchev–Trinajstić information content (AvgIpc) is 2.46. The highest BCUT2D eigenvalue weighted by atomic mass is 16.5. The molecule has 112 valence electrons. The van der Waals surface area contributed by atoms with Crippen LogP contribution in [0.1, 0.15) is 24.3 Å². The predicted octanol–water partition coefficient (Wildman–Crippen LogP) is 2.31. The maximum atomic E-state index is 12.4. The van der Waals surface area contributed by atoms with Gasteiger partial charge in [-0.3, -0.25) is 4.79 Å². The number of amides is 1. The molecule has 0 unspecified atom stereocenters. The van der Waals surface area contributed by atoms with Crippen molar-refractivity contribution in [1.82, 2.24) is 9.88 Å². The Labute approximate surface area is 124 Å². The van der Waals surface area contributed by atoms with Crippen molar-refractivity contribution in [3.8, 4) is 0 Å². The number of ether oxygens (including phenoxy) is 1. The molecule has 0 radical (unpaired) electrons. The summed E-state index contributed by atoms with van der Waals surface area (Å²) in [6.07, 6.45) is 0.156. The summed E-state index contributed by atoms with van der Waals surface area (Å²) in [6.45, 7) is 4.95. The van der Waals surface area contributed by atoms with Gasteiger partial charge in [0, 0.05) is 24.7 Å². The molecule has 0 fully saturated rings. The molecule has 2 N–H and O–H groups in total. The molecule has 0 atom stereocenters. The summed E-state index contributed by atoms with van der Waals surface area (Å²) in [7, 11) is 1.74. The van der Waals surface area contributed by atoms with E-state index in [9.17, 15) is 4.79 Å². The highest BCUT2D eigenvalue weighted by Gasteiger charge is 2.15. The third kappa shape index (κ3) is 3.70. The van der Waals surface area contributed by atoms with E-state index in [1.807, 2.05) is 38.1 Å². The second-order valence-electron chi connectivity index (χ2n) is 5.26. The molecule has 5 nitrogen and oxygen atoms in total. The molecule has 1 amide bonds. The highest BCUT2D eigenvalue weighted by molar-refractivity contribution is 5.99. The van der Waals surface area contributed by atoms with Crippen LogP contribution in [-0.4, -0.2) is 42.1 Å². The first kappa shape index (κ1) is 15.3. The molecule has 0 saturated heterocycles. The number of para-hydroxylation sites is 1. The lowest BCUT2D eigenvalue weighted by atomic mass is 10.1. The van der Waals surface area contributed by atoms with E-state index in [1.165, 1.54) is 0 Å². The van der Waals surface area contributed by atoms with Crippen LogP contribution >= 0.6 is 0 Å². The normalized spacial score (nSPS) is 11.0. The summed E-state index contributed by atoms with van der Waals surface area (Å²) >= 11 is 0. The molecule has 0 aliphatic rings. The number of rotatable bonds is 5. The Morgan fingerprint density at radius 3 is 2.81 bits per heavy atom. The van der Waals surface area contributed by atoms with Gasteiger partial charge >= 0.3 is 0 Å². The fourth-order valence-corrected chi connectivity index (χ4v) is 2.03. The van der Waals surface area contributed by atoms with Gasteiger partial charge in [0.1, 0.15) is 5.69 Å². The highest BCUT2D eigenvalue weighted by Crippen LogP contribution is 2.20. The third-order valence-corrected chi connectivity index (χ3v) is 3.19. The van der Waals surface area contributed by atoms with E-state index in [1.54, 1.807) is 18.0 Å². The number of nitrogen functional groups attached to an aromatic ring is 1. The first-order chi connectivity index (χ1) is 9.99. The molecular weight excluding hydrogens is 266 g/mol. The number of aromatic nitrogens is 1. The number of carbonyl (C=O) groups excluding carboxylic acids is 1. The van der Waals surface area contributed by atoms with E-state index >= 15 is 0 Å². The molecule has 1 heterocycles. The van der Waals surface area contributed by atoms with E-state index in [0.717, 1.165) is 10.9 Å². The topological polar surface area (TPSA) is 68.5 Å². The lowest BCUT2D eigenvalue weighted by Crippen LogP contribution is -2.31. The van der Waals surface area contributed by atoms with Crippen LogP contribution in [0.15, 0.2) is 30.3 Å². The molecule has 0 spiro atoms. The van der Waals surface area contributed by atoms with E-state index < -0.39 is 0 Å². The standard InChI is InChI=1S/C16H21N3O2/c1-11(2)21-9-8-19(3)16(20)15-10-13(17)12-6-4-5-7-14(12)18-15/h4-7,10-11H,8-9H2,1-3H3,(H2,17,18). The zero-order valence-electron chi connectivity index (χ0n) is 12.7. The number of fused-ring (bicyclic) bond motifs is 1. The lowest BCUT2D eigenvalue weighted by molar-refractivity contribution is 0.0529. The number of benzene rings is 1. The summed E-state index contributed by atoms with van der Waals surface area (Å²) < 4.78 is 5.45. The zero-order valence-corrected chi connectivity index (χ0v) is 12.7. The monoisotopic (exact) mass is 287 g/mol. The van der Waals surface area contributed by atoms with Crippen LogP contribution in [0.4, 0.5) is 5.69 Å². The minimum Gasteiger partial charge on any atom is -0.398 e. The van der Waals surface area contributed by atoms with Gasteiger partial charge in [0.2, 0.25) is 0 Å². The van der Waals surface area contributed by atoms with E-state index in [2.05, 4.69) is 4.98 Å². The molecule has 0 saturated carbocycles. The molecule has 21 heavy (non-hydrogen) atoms. The molecular formula is C16H21N3O2. The minimum absolute atomic E-state index is 0.153. The number of nitrogens with zero attached hydrogens (tertiary/aromatic N) is 2. The summed E-state index contributed by atoms with van der Waals surface area (Å²) in [5.74, 6) is -0.153. The van der Waals surface area contributed by atoms with Crippen LogP contribution in [0.25, 0.3) is 10.9 Å². The SMILES string of the molecule is CC(C)OCCN(C)C(=O)c1cc(N)c2ccccc2n1. The van der Waals surface area contributed by atoms with Gasteiger partial charge in [-0.05, 0) is 26.0 Å².